The van der Waals surface area contributed by atoms with Crippen LogP contribution in [-0.2, 0) is 20.0 Å². The van der Waals surface area contributed by atoms with Crippen LogP contribution >= 0.6 is 27.7 Å². The van der Waals surface area contributed by atoms with E-state index in [1.165, 1.54) is 18.9 Å². The van der Waals surface area contributed by atoms with E-state index in [2.05, 4.69) is 21.2 Å². The van der Waals surface area contributed by atoms with Crippen LogP contribution < -0.4 is 5.32 Å². The predicted molar refractivity (Wildman–Crippen MR) is 95.5 cm³/mol. The van der Waals surface area contributed by atoms with Crippen LogP contribution in [0.1, 0.15) is 26.3 Å². The van der Waals surface area contributed by atoms with E-state index < -0.39 is 23.7 Å². The maximum Gasteiger partial charge on any atom is 0.408 e. The zero-order valence-electron chi connectivity index (χ0n) is 13.7. The summed E-state index contributed by atoms with van der Waals surface area (Å²) in [7, 11) is 1.30. The molecule has 0 aromatic heterocycles. The smallest absolute Gasteiger partial charge is 0.408 e. The third kappa shape index (κ3) is 7.74. The lowest BCUT2D eigenvalue weighted by molar-refractivity contribution is -0.142. The van der Waals surface area contributed by atoms with Gasteiger partial charge in [-0.3, -0.25) is 0 Å². The number of thioether (sulfide) groups is 1. The van der Waals surface area contributed by atoms with Crippen molar-refractivity contribution in [2.75, 3.05) is 12.9 Å². The highest BCUT2D eigenvalue weighted by atomic mass is 79.9. The standard InChI is InChI=1S/C16H22BrNO4S/c1-16(2,3)22-15(20)18-13(14(19)21-4)10-23-9-11-7-5-6-8-12(11)17/h5-8,13H,9-10H2,1-4H3,(H,18,20). The molecule has 1 N–H and O–H groups in total. The monoisotopic (exact) mass is 403 g/mol. The second kappa shape index (κ2) is 9.17. The summed E-state index contributed by atoms with van der Waals surface area (Å²) < 4.78 is 10.9. The number of halogens is 1. The van der Waals surface area contributed by atoms with Crippen LogP contribution in [0.5, 0.6) is 0 Å². The fraction of sp³-hybridized carbons (Fsp3) is 0.500. The van der Waals surface area contributed by atoms with Crippen LogP contribution in [0.15, 0.2) is 28.7 Å². The minimum atomic E-state index is -0.748. The van der Waals surface area contributed by atoms with Gasteiger partial charge >= 0.3 is 12.1 Å². The van der Waals surface area contributed by atoms with E-state index >= 15 is 0 Å². The van der Waals surface area contributed by atoms with Crippen LogP contribution in [0.4, 0.5) is 4.79 Å². The molecule has 7 heteroatoms. The van der Waals surface area contributed by atoms with Gasteiger partial charge in [-0.25, -0.2) is 9.59 Å². The second-order valence-corrected chi connectivity index (χ2v) is 7.71. The number of carbonyl (C=O) groups is 2. The van der Waals surface area contributed by atoms with Crippen LogP contribution in [0.2, 0.25) is 0 Å². The van der Waals surface area contributed by atoms with Crippen molar-refractivity contribution in [2.24, 2.45) is 0 Å². The molecule has 0 spiro atoms. The molecule has 0 bridgehead atoms. The summed E-state index contributed by atoms with van der Waals surface area (Å²) in [6, 6.07) is 7.12. The van der Waals surface area contributed by atoms with Crippen molar-refractivity contribution in [3.8, 4) is 0 Å². The number of carbonyl (C=O) groups excluding carboxylic acids is 2. The molecule has 1 unspecified atom stereocenters. The number of amides is 1. The van der Waals surface area contributed by atoms with Gasteiger partial charge in [0.25, 0.3) is 0 Å². The topological polar surface area (TPSA) is 64.6 Å². The molecule has 23 heavy (non-hydrogen) atoms. The van der Waals surface area contributed by atoms with E-state index in [-0.39, 0.29) is 0 Å². The van der Waals surface area contributed by atoms with Crippen LogP contribution in [0.25, 0.3) is 0 Å². The van der Waals surface area contributed by atoms with Gasteiger partial charge in [-0.1, -0.05) is 34.1 Å². The van der Waals surface area contributed by atoms with Gasteiger partial charge in [0.15, 0.2) is 0 Å². The Morgan fingerprint density at radius 1 is 1.30 bits per heavy atom. The maximum absolute atomic E-state index is 11.8. The summed E-state index contributed by atoms with van der Waals surface area (Å²) in [5.74, 6) is 0.619. The number of alkyl carbamates (subject to hydrolysis) is 1. The molecule has 128 valence electrons. The number of methoxy groups -OCH3 is 1. The Hall–Kier alpha value is -1.21. The van der Waals surface area contributed by atoms with Crippen molar-refractivity contribution in [3.05, 3.63) is 34.3 Å². The number of ether oxygens (including phenoxy) is 2. The average molecular weight is 404 g/mol. The highest BCUT2D eigenvalue weighted by molar-refractivity contribution is 9.10. The number of hydrogen-bond acceptors (Lipinski definition) is 5. The molecule has 0 saturated heterocycles. The van der Waals surface area contributed by atoms with E-state index in [4.69, 9.17) is 9.47 Å². The van der Waals surface area contributed by atoms with Crippen molar-refractivity contribution < 1.29 is 19.1 Å². The average Bonchev–Trinajstić information content (AvgIpc) is 2.45. The summed E-state index contributed by atoms with van der Waals surface area (Å²) in [5, 5.41) is 2.56. The maximum atomic E-state index is 11.8. The van der Waals surface area contributed by atoms with E-state index in [1.54, 1.807) is 20.8 Å². The van der Waals surface area contributed by atoms with Gasteiger partial charge in [0.1, 0.15) is 11.6 Å². The first-order valence-electron chi connectivity index (χ1n) is 7.11. The Kier molecular flexibility index (Phi) is 7.91. The lowest BCUT2D eigenvalue weighted by Crippen LogP contribution is -2.45. The summed E-state index contributed by atoms with van der Waals surface area (Å²) in [6.07, 6.45) is -0.630. The zero-order chi connectivity index (χ0) is 17.5. The first-order chi connectivity index (χ1) is 10.7. The van der Waals surface area contributed by atoms with Crippen LogP contribution in [0.3, 0.4) is 0 Å². The Morgan fingerprint density at radius 2 is 1.96 bits per heavy atom. The van der Waals surface area contributed by atoms with E-state index in [0.717, 1.165) is 10.0 Å². The number of nitrogens with one attached hydrogen (secondary N) is 1. The third-order valence-electron chi connectivity index (χ3n) is 2.68. The minimum absolute atomic E-state index is 0.396. The molecule has 0 heterocycles. The van der Waals surface area contributed by atoms with Gasteiger partial charge in [0.05, 0.1) is 7.11 Å². The second-order valence-electron chi connectivity index (χ2n) is 5.83. The molecule has 0 aliphatic rings. The molecule has 0 aliphatic carbocycles. The third-order valence-corrected chi connectivity index (χ3v) is 4.53. The molecule has 1 aromatic carbocycles. The summed E-state index contributed by atoms with van der Waals surface area (Å²) in [4.78, 5) is 23.6. The lowest BCUT2D eigenvalue weighted by Gasteiger charge is -2.22. The van der Waals surface area contributed by atoms with Crippen molar-refractivity contribution in [1.82, 2.24) is 5.32 Å². The molecular formula is C16H22BrNO4S. The number of hydrogen-bond donors (Lipinski definition) is 1. The molecule has 1 aromatic rings. The zero-order valence-corrected chi connectivity index (χ0v) is 16.1. The summed E-state index contributed by atoms with van der Waals surface area (Å²) >= 11 is 5.02. The molecule has 0 fully saturated rings. The minimum Gasteiger partial charge on any atom is -0.467 e. The van der Waals surface area contributed by atoms with Crippen LogP contribution in [0, 0.1) is 0 Å². The Balaban J connectivity index is 2.57. The highest BCUT2D eigenvalue weighted by Gasteiger charge is 2.25. The lowest BCUT2D eigenvalue weighted by atomic mass is 10.2. The quantitative estimate of drug-likeness (QED) is 0.732. The molecule has 0 radical (unpaired) electrons. The van der Waals surface area contributed by atoms with Gasteiger partial charge in [-0.15, -0.1) is 0 Å². The number of esters is 1. The normalized spacial score (nSPS) is 12.4. The fourth-order valence-corrected chi connectivity index (χ4v) is 3.32. The van der Waals surface area contributed by atoms with Crippen molar-refractivity contribution in [1.29, 1.82) is 0 Å². The highest BCUT2D eigenvalue weighted by Crippen LogP contribution is 2.22. The van der Waals surface area contributed by atoms with E-state index in [0.29, 0.717) is 11.5 Å². The molecule has 1 atom stereocenters. The number of benzene rings is 1. The molecule has 5 nitrogen and oxygen atoms in total. The van der Waals surface area contributed by atoms with Gasteiger partial charge in [-0.2, -0.15) is 11.8 Å². The fourth-order valence-electron chi connectivity index (χ4n) is 1.66. The molecule has 0 saturated carbocycles. The van der Waals surface area contributed by atoms with Crippen LogP contribution in [-0.4, -0.2) is 36.6 Å². The van der Waals surface area contributed by atoms with Gasteiger partial charge < -0.3 is 14.8 Å². The molecular weight excluding hydrogens is 382 g/mol. The first kappa shape index (κ1) is 19.8. The van der Waals surface area contributed by atoms with Gasteiger partial charge in [0.2, 0.25) is 0 Å². The SMILES string of the molecule is COC(=O)C(CSCc1ccccc1Br)NC(=O)OC(C)(C)C. The number of rotatable bonds is 6. The summed E-state index contributed by atoms with van der Waals surface area (Å²) in [5.41, 5.74) is 0.505. The van der Waals surface area contributed by atoms with E-state index in [9.17, 15) is 9.59 Å². The van der Waals surface area contributed by atoms with Gasteiger partial charge in [0, 0.05) is 16.0 Å². The predicted octanol–water partition coefficient (Wildman–Crippen LogP) is 3.75. The molecule has 1 amide bonds. The van der Waals surface area contributed by atoms with Gasteiger partial charge in [-0.05, 0) is 32.4 Å². The van der Waals surface area contributed by atoms with Crippen molar-refractivity contribution in [3.63, 3.8) is 0 Å². The van der Waals surface area contributed by atoms with Crippen molar-refractivity contribution >= 4 is 39.8 Å². The Bertz CT molecular complexity index is 545. The van der Waals surface area contributed by atoms with E-state index in [1.807, 2.05) is 24.3 Å². The molecule has 1 rings (SSSR count). The Labute approximate surface area is 149 Å². The first-order valence-corrected chi connectivity index (χ1v) is 9.06. The molecule has 0 aliphatic heterocycles. The summed E-state index contributed by atoms with van der Waals surface area (Å²) in [6.45, 7) is 5.30. The largest absolute Gasteiger partial charge is 0.467 e. The van der Waals surface area contributed by atoms with Crippen molar-refractivity contribution in [2.45, 2.75) is 38.2 Å². The Morgan fingerprint density at radius 3 is 2.52 bits per heavy atom.